The van der Waals surface area contributed by atoms with Gasteiger partial charge in [-0.1, -0.05) is 44.2 Å². The minimum atomic E-state index is -3.49. The molecule has 0 heterocycles. The van der Waals surface area contributed by atoms with Crippen molar-refractivity contribution in [2.75, 3.05) is 20.2 Å². The van der Waals surface area contributed by atoms with Crippen LogP contribution >= 0.6 is 0 Å². The standard InChI is InChI=1S/C21H29NO3S/c1-18(2)17-22(16-8-7-11-19-9-5-4-6-10-19)26(23,24)21-14-12-20(25-3)13-15-21/h4-6,9-10,12-15,18H,7-8,11,16-17H2,1-3H3. The largest absolute Gasteiger partial charge is 0.497 e. The SMILES string of the molecule is COc1ccc(S(=O)(=O)N(CCCCc2ccccc2)CC(C)C)cc1. The molecule has 0 bridgehead atoms. The van der Waals surface area contributed by atoms with Crippen LogP contribution in [-0.2, 0) is 16.4 Å². The van der Waals surface area contributed by atoms with Gasteiger partial charge in [0.25, 0.3) is 0 Å². The Morgan fingerprint density at radius 1 is 0.962 bits per heavy atom. The van der Waals surface area contributed by atoms with Crippen LogP contribution in [-0.4, -0.2) is 32.9 Å². The van der Waals surface area contributed by atoms with Gasteiger partial charge in [-0.15, -0.1) is 0 Å². The van der Waals surface area contributed by atoms with Crippen molar-refractivity contribution in [1.29, 1.82) is 0 Å². The minimum absolute atomic E-state index is 0.275. The van der Waals surface area contributed by atoms with Crippen molar-refractivity contribution in [2.24, 2.45) is 5.92 Å². The van der Waals surface area contributed by atoms with Crippen LogP contribution < -0.4 is 4.74 Å². The summed E-state index contributed by atoms with van der Waals surface area (Å²) in [6.45, 7) is 5.15. The van der Waals surface area contributed by atoms with Crippen LogP contribution in [0.2, 0.25) is 0 Å². The third kappa shape index (κ3) is 5.85. The van der Waals surface area contributed by atoms with E-state index in [1.807, 2.05) is 32.0 Å². The number of aryl methyl sites for hydroxylation is 1. The third-order valence-corrected chi connectivity index (χ3v) is 6.11. The average molecular weight is 376 g/mol. The monoisotopic (exact) mass is 375 g/mol. The normalized spacial score (nSPS) is 11.9. The molecule has 0 aliphatic rings. The predicted octanol–water partition coefficient (Wildman–Crippen LogP) is 4.36. The second-order valence-corrected chi connectivity index (χ2v) is 8.81. The van der Waals surface area contributed by atoms with E-state index >= 15 is 0 Å². The molecule has 0 saturated carbocycles. The number of rotatable bonds is 10. The lowest BCUT2D eigenvalue weighted by Crippen LogP contribution is -2.35. The first-order valence-electron chi connectivity index (χ1n) is 9.11. The van der Waals surface area contributed by atoms with Crippen molar-refractivity contribution in [3.63, 3.8) is 0 Å². The summed E-state index contributed by atoms with van der Waals surface area (Å²) in [7, 11) is -1.92. The first-order chi connectivity index (χ1) is 12.4. The number of benzene rings is 2. The summed E-state index contributed by atoms with van der Waals surface area (Å²) >= 11 is 0. The topological polar surface area (TPSA) is 46.6 Å². The van der Waals surface area contributed by atoms with Crippen LogP contribution in [0.25, 0.3) is 0 Å². The van der Waals surface area contributed by atoms with E-state index in [1.54, 1.807) is 35.7 Å². The number of methoxy groups -OCH3 is 1. The van der Waals surface area contributed by atoms with E-state index in [0.717, 1.165) is 19.3 Å². The van der Waals surface area contributed by atoms with Crippen LogP contribution in [0.3, 0.4) is 0 Å². The van der Waals surface area contributed by atoms with E-state index in [-0.39, 0.29) is 5.92 Å². The number of ether oxygens (including phenoxy) is 1. The molecule has 0 aliphatic carbocycles. The molecule has 0 fully saturated rings. The van der Waals surface area contributed by atoms with Gasteiger partial charge in [-0.05, 0) is 55.0 Å². The molecule has 2 rings (SSSR count). The van der Waals surface area contributed by atoms with Gasteiger partial charge in [0.15, 0.2) is 0 Å². The van der Waals surface area contributed by atoms with E-state index in [4.69, 9.17) is 4.74 Å². The third-order valence-electron chi connectivity index (χ3n) is 4.23. The fraction of sp³-hybridized carbons (Fsp3) is 0.429. The van der Waals surface area contributed by atoms with Gasteiger partial charge in [0.05, 0.1) is 12.0 Å². The van der Waals surface area contributed by atoms with Gasteiger partial charge in [-0.2, -0.15) is 4.31 Å². The van der Waals surface area contributed by atoms with Gasteiger partial charge < -0.3 is 4.74 Å². The molecule has 0 radical (unpaired) electrons. The summed E-state index contributed by atoms with van der Waals surface area (Å²) in [5, 5.41) is 0. The van der Waals surface area contributed by atoms with Crippen LogP contribution in [0.4, 0.5) is 0 Å². The van der Waals surface area contributed by atoms with E-state index in [2.05, 4.69) is 12.1 Å². The lowest BCUT2D eigenvalue weighted by molar-refractivity contribution is 0.359. The van der Waals surface area contributed by atoms with E-state index in [0.29, 0.717) is 23.7 Å². The van der Waals surface area contributed by atoms with Crippen molar-refractivity contribution in [3.05, 3.63) is 60.2 Å². The number of sulfonamides is 1. The van der Waals surface area contributed by atoms with E-state index < -0.39 is 10.0 Å². The van der Waals surface area contributed by atoms with Crippen LogP contribution in [0.1, 0.15) is 32.3 Å². The second kappa shape index (κ2) is 9.74. The van der Waals surface area contributed by atoms with Crippen molar-refractivity contribution in [2.45, 2.75) is 38.0 Å². The molecule has 0 aliphatic heterocycles. The highest BCUT2D eigenvalue weighted by atomic mass is 32.2. The Morgan fingerprint density at radius 2 is 1.62 bits per heavy atom. The molecule has 0 unspecified atom stereocenters. The molecule has 2 aromatic rings. The molecule has 5 heteroatoms. The molecule has 142 valence electrons. The summed E-state index contributed by atoms with van der Waals surface area (Å²) in [6.07, 6.45) is 2.78. The lowest BCUT2D eigenvalue weighted by atomic mass is 10.1. The summed E-state index contributed by atoms with van der Waals surface area (Å²) in [4.78, 5) is 0.321. The summed E-state index contributed by atoms with van der Waals surface area (Å²) in [5.74, 6) is 0.930. The fourth-order valence-electron chi connectivity index (χ4n) is 2.88. The zero-order valence-corrected chi connectivity index (χ0v) is 16.7. The van der Waals surface area contributed by atoms with Gasteiger partial charge in [0.1, 0.15) is 5.75 Å². The zero-order valence-electron chi connectivity index (χ0n) is 15.9. The van der Waals surface area contributed by atoms with Crippen molar-refractivity contribution < 1.29 is 13.2 Å². The number of unbranched alkanes of at least 4 members (excludes halogenated alkanes) is 1. The summed E-state index contributed by atoms with van der Waals surface area (Å²) in [6, 6.07) is 16.9. The van der Waals surface area contributed by atoms with Gasteiger partial charge in [-0.3, -0.25) is 0 Å². The molecule has 0 spiro atoms. The molecule has 0 saturated heterocycles. The van der Waals surface area contributed by atoms with Gasteiger partial charge in [0, 0.05) is 13.1 Å². The Labute approximate surface area is 157 Å². The number of hydrogen-bond acceptors (Lipinski definition) is 3. The van der Waals surface area contributed by atoms with E-state index in [1.165, 1.54) is 5.56 Å². The summed E-state index contributed by atoms with van der Waals surface area (Å²) in [5.41, 5.74) is 1.29. The quantitative estimate of drug-likeness (QED) is 0.580. The van der Waals surface area contributed by atoms with Gasteiger partial charge >= 0.3 is 0 Å². The second-order valence-electron chi connectivity index (χ2n) is 6.88. The minimum Gasteiger partial charge on any atom is -0.497 e. The highest BCUT2D eigenvalue weighted by Gasteiger charge is 2.24. The van der Waals surface area contributed by atoms with Crippen LogP contribution in [0, 0.1) is 5.92 Å². The Hall–Kier alpha value is -1.85. The highest BCUT2D eigenvalue weighted by molar-refractivity contribution is 7.89. The Balaban J connectivity index is 2.02. The Bertz CT molecular complexity index is 756. The molecular weight excluding hydrogens is 346 g/mol. The van der Waals surface area contributed by atoms with Gasteiger partial charge in [-0.25, -0.2) is 8.42 Å². The fourth-order valence-corrected chi connectivity index (χ4v) is 4.52. The van der Waals surface area contributed by atoms with Gasteiger partial charge in [0.2, 0.25) is 10.0 Å². The smallest absolute Gasteiger partial charge is 0.243 e. The number of hydrogen-bond donors (Lipinski definition) is 0. The molecule has 4 nitrogen and oxygen atoms in total. The molecule has 0 aromatic heterocycles. The highest BCUT2D eigenvalue weighted by Crippen LogP contribution is 2.21. The van der Waals surface area contributed by atoms with Crippen molar-refractivity contribution in [1.82, 2.24) is 4.31 Å². The van der Waals surface area contributed by atoms with Crippen molar-refractivity contribution in [3.8, 4) is 5.75 Å². The molecule has 26 heavy (non-hydrogen) atoms. The molecule has 0 amide bonds. The average Bonchev–Trinajstić information content (AvgIpc) is 2.64. The Morgan fingerprint density at radius 3 is 2.19 bits per heavy atom. The first-order valence-corrected chi connectivity index (χ1v) is 10.6. The van der Waals surface area contributed by atoms with Crippen LogP contribution in [0.5, 0.6) is 5.75 Å². The first kappa shape index (κ1) is 20.5. The number of nitrogens with zero attached hydrogens (tertiary/aromatic N) is 1. The molecule has 2 aromatic carbocycles. The maximum atomic E-state index is 13.0. The van der Waals surface area contributed by atoms with Crippen molar-refractivity contribution >= 4 is 10.0 Å². The molecule has 0 atom stereocenters. The zero-order chi connectivity index (χ0) is 19.0. The molecule has 0 N–H and O–H groups in total. The predicted molar refractivity (Wildman–Crippen MR) is 106 cm³/mol. The maximum absolute atomic E-state index is 13.0. The molecular formula is C21H29NO3S. The summed E-state index contributed by atoms with van der Waals surface area (Å²) < 4.78 is 32.8. The Kier molecular flexibility index (Phi) is 7.66. The maximum Gasteiger partial charge on any atom is 0.243 e. The van der Waals surface area contributed by atoms with Crippen LogP contribution in [0.15, 0.2) is 59.5 Å². The van der Waals surface area contributed by atoms with E-state index in [9.17, 15) is 8.42 Å². The lowest BCUT2D eigenvalue weighted by Gasteiger charge is -2.24.